The minimum Gasteiger partial charge on any atom is -0.477 e. The summed E-state index contributed by atoms with van der Waals surface area (Å²) in [4.78, 5) is 28.3. The number of likely N-dealkylation sites (tertiary alicyclic amines) is 1. The SMILES string of the molecule is CC(O)C1C(=O)N2C(C(=O)O)=C(SC3CCN(C)C3)C(C)[C@H]12. The molecule has 3 aliphatic heterocycles. The van der Waals surface area contributed by atoms with Crippen LogP contribution in [0, 0.1) is 11.8 Å². The molecular weight excluding hydrogens is 304 g/mol. The van der Waals surface area contributed by atoms with E-state index >= 15 is 0 Å². The molecule has 0 bridgehead atoms. The number of amides is 1. The number of carboxylic acids is 1. The van der Waals surface area contributed by atoms with Crippen LogP contribution in [0.15, 0.2) is 10.6 Å². The lowest BCUT2D eigenvalue weighted by molar-refractivity contribution is -0.163. The van der Waals surface area contributed by atoms with Crippen molar-refractivity contribution in [2.24, 2.45) is 11.8 Å². The fraction of sp³-hybridized carbons (Fsp3) is 0.733. The highest BCUT2D eigenvalue weighted by atomic mass is 32.2. The molecule has 6 nitrogen and oxygen atoms in total. The molecule has 22 heavy (non-hydrogen) atoms. The molecule has 3 heterocycles. The number of carboxylic acid groups (broad SMARTS) is 1. The summed E-state index contributed by atoms with van der Waals surface area (Å²) in [5.74, 6) is -1.81. The van der Waals surface area contributed by atoms with Crippen LogP contribution in [-0.2, 0) is 9.59 Å². The van der Waals surface area contributed by atoms with Crippen LogP contribution in [0.4, 0.5) is 0 Å². The summed E-state index contributed by atoms with van der Waals surface area (Å²) in [5.41, 5.74) is 0.138. The number of β-lactam (4-membered cyclic amide) rings is 1. The molecule has 2 fully saturated rings. The first-order valence-electron chi connectivity index (χ1n) is 7.66. The van der Waals surface area contributed by atoms with Crippen LogP contribution in [0.5, 0.6) is 0 Å². The number of hydrogen-bond acceptors (Lipinski definition) is 5. The predicted octanol–water partition coefficient (Wildman–Crippen LogP) is 0.577. The van der Waals surface area contributed by atoms with Crippen LogP contribution < -0.4 is 0 Å². The van der Waals surface area contributed by atoms with Crippen LogP contribution in [0.1, 0.15) is 20.3 Å². The molecule has 5 atom stereocenters. The maximum absolute atomic E-state index is 12.2. The molecule has 0 aromatic heterocycles. The van der Waals surface area contributed by atoms with Gasteiger partial charge >= 0.3 is 5.97 Å². The predicted molar refractivity (Wildman–Crippen MR) is 83.1 cm³/mol. The van der Waals surface area contributed by atoms with Gasteiger partial charge in [-0.1, -0.05) is 6.92 Å². The largest absolute Gasteiger partial charge is 0.477 e. The zero-order chi connectivity index (χ0) is 16.2. The number of hydrogen-bond donors (Lipinski definition) is 2. The summed E-state index contributed by atoms with van der Waals surface area (Å²) in [7, 11) is 2.06. The van der Waals surface area contributed by atoms with Crippen molar-refractivity contribution in [3.63, 3.8) is 0 Å². The highest BCUT2D eigenvalue weighted by Gasteiger charge is 2.60. The first-order chi connectivity index (χ1) is 10.3. The molecule has 0 aliphatic carbocycles. The highest BCUT2D eigenvalue weighted by molar-refractivity contribution is 8.03. The molecule has 0 aromatic rings. The second kappa shape index (κ2) is 5.54. The quantitative estimate of drug-likeness (QED) is 0.736. The zero-order valence-corrected chi connectivity index (χ0v) is 13.8. The normalized spacial score (nSPS) is 36.5. The second-order valence-electron chi connectivity index (χ2n) is 6.56. The molecule has 0 saturated carbocycles. The molecule has 0 radical (unpaired) electrons. The van der Waals surface area contributed by atoms with E-state index in [1.807, 2.05) is 6.92 Å². The maximum atomic E-state index is 12.2. The van der Waals surface area contributed by atoms with Gasteiger partial charge in [0.05, 0.1) is 18.1 Å². The van der Waals surface area contributed by atoms with Gasteiger partial charge in [-0.2, -0.15) is 0 Å². The Kier molecular flexibility index (Phi) is 3.99. The molecule has 2 saturated heterocycles. The van der Waals surface area contributed by atoms with Crippen molar-refractivity contribution in [2.45, 2.75) is 37.7 Å². The average Bonchev–Trinajstić information content (AvgIpc) is 2.92. The molecule has 1 amide bonds. The number of carbonyl (C=O) groups is 2. The van der Waals surface area contributed by atoms with Crippen LogP contribution in [0.2, 0.25) is 0 Å². The monoisotopic (exact) mass is 326 g/mol. The molecule has 2 N–H and O–H groups in total. The number of thioether (sulfide) groups is 1. The van der Waals surface area contributed by atoms with Crippen LogP contribution in [-0.4, -0.2) is 69.4 Å². The zero-order valence-electron chi connectivity index (χ0n) is 13.0. The van der Waals surface area contributed by atoms with Crippen molar-refractivity contribution >= 4 is 23.6 Å². The number of fused-ring (bicyclic) bond motifs is 1. The Balaban J connectivity index is 1.87. The summed E-state index contributed by atoms with van der Waals surface area (Å²) in [5, 5.41) is 19.7. The summed E-state index contributed by atoms with van der Waals surface area (Å²) < 4.78 is 0. The Labute approximate surface area is 134 Å². The van der Waals surface area contributed by atoms with E-state index in [2.05, 4.69) is 11.9 Å². The van der Waals surface area contributed by atoms with Crippen molar-refractivity contribution < 1.29 is 19.8 Å². The van der Waals surface area contributed by atoms with E-state index < -0.39 is 18.0 Å². The minimum absolute atomic E-state index is 0.0284. The van der Waals surface area contributed by atoms with Gasteiger partial charge in [0.2, 0.25) is 5.91 Å². The van der Waals surface area contributed by atoms with Crippen molar-refractivity contribution in [1.29, 1.82) is 0 Å². The molecule has 0 spiro atoms. The number of aliphatic hydroxyl groups excluding tert-OH is 1. The Morgan fingerprint density at radius 1 is 1.45 bits per heavy atom. The van der Waals surface area contributed by atoms with E-state index in [9.17, 15) is 19.8 Å². The Bertz CT molecular complexity index is 548. The van der Waals surface area contributed by atoms with Gasteiger partial charge in [-0.15, -0.1) is 11.8 Å². The molecule has 122 valence electrons. The molecule has 3 aliphatic rings. The topological polar surface area (TPSA) is 81.1 Å². The molecule has 4 unspecified atom stereocenters. The fourth-order valence-electron chi connectivity index (χ4n) is 3.85. The van der Waals surface area contributed by atoms with Crippen molar-refractivity contribution in [1.82, 2.24) is 9.80 Å². The van der Waals surface area contributed by atoms with E-state index in [1.165, 1.54) is 4.90 Å². The van der Waals surface area contributed by atoms with E-state index in [-0.39, 0.29) is 23.6 Å². The van der Waals surface area contributed by atoms with Crippen molar-refractivity contribution in [3.8, 4) is 0 Å². The van der Waals surface area contributed by atoms with Gasteiger partial charge in [0.1, 0.15) is 5.70 Å². The number of aliphatic hydroxyl groups is 1. The summed E-state index contributed by atoms with van der Waals surface area (Å²) in [6.45, 7) is 5.52. The van der Waals surface area contributed by atoms with E-state index in [4.69, 9.17) is 0 Å². The van der Waals surface area contributed by atoms with Crippen LogP contribution in [0.3, 0.4) is 0 Å². The van der Waals surface area contributed by atoms with Gasteiger partial charge in [-0.25, -0.2) is 4.79 Å². The lowest BCUT2D eigenvalue weighted by atomic mass is 9.79. The third-order valence-electron chi connectivity index (χ3n) is 4.95. The van der Waals surface area contributed by atoms with Gasteiger partial charge in [0.15, 0.2) is 0 Å². The Morgan fingerprint density at radius 2 is 2.14 bits per heavy atom. The number of nitrogens with zero attached hydrogens (tertiary/aromatic N) is 2. The van der Waals surface area contributed by atoms with Gasteiger partial charge in [-0.05, 0) is 26.9 Å². The molecule has 0 aromatic carbocycles. The average molecular weight is 326 g/mol. The van der Waals surface area contributed by atoms with Crippen LogP contribution in [0.25, 0.3) is 0 Å². The Morgan fingerprint density at radius 3 is 2.64 bits per heavy atom. The third-order valence-corrected chi connectivity index (χ3v) is 6.49. The number of carbonyl (C=O) groups excluding carboxylic acids is 1. The van der Waals surface area contributed by atoms with E-state index in [1.54, 1.807) is 18.7 Å². The van der Waals surface area contributed by atoms with Gasteiger partial charge < -0.3 is 20.0 Å². The number of aliphatic carboxylic acids is 1. The Hall–Kier alpha value is -1.05. The van der Waals surface area contributed by atoms with E-state index in [0.717, 1.165) is 24.4 Å². The second-order valence-corrected chi connectivity index (χ2v) is 7.90. The van der Waals surface area contributed by atoms with Gasteiger partial charge in [0, 0.05) is 22.6 Å². The van der Waals surface area contributed by atoms with E-state index in [0.29, 0.717) is 5.25 Å². The molecule has 3 rings (SSSR count). The van der Waals surface area contributed by atoms with Crippen molar-refractivity contribution in [2.75, 3.05) is 20.1 Å². The first-order valence-corrected chi connectivity index (χ1v) is 8.54. The lowest BCUT2D eigenvalue weighted by Crippen LogP contribution is -2.63. The third kappa shape index (κ3) is 2.26. The summed E-state index contributed by atoms with van der Waals surface area (Å²) >= 11 is 1.61. The fourth-order valence-corrected chi connectivity index (χ4v) is 5.41. The molecule has 7 heteroatoms. The standard InChI is InChI=1S/C15H22N2O4S/c1-7-11-10(8(2)18)14(19)17(11)12(15(20)21)13(7)22-9-4-5-16(3)6-9/h7-11,18H,4-6H2,1-3H3,(H,20,21)/t7?,8?,9?,10?,11-/m1/s1. The van der Waals surface area contributed by atoms with Gasteiger partial charge in [-0.3, -0.25) is 4.79 Å². The molecular formula is C15H22N2O4S. The lowest BCUT2D eigenvalue weighted by Gasteiger charge is -2.46. The van der Waals surface area contributed by atoms with Gasteiger partial charge in [0.25, 0.3) is 0 Å². The van der Waals surface area contributed by atoms with Crippen molar-refractivity contribution in [3.05, 3.63) is 10.6 Å². The van der Waals surface area contributed by atoms with Crippen LogP contribution >= 0.6 is 11.8 Å². The summed E-state index contributed by atoms with van der Waals surface area (Å²) in [6.07, 6.45) is 0.288. The first kappa shape index (κ1) is 15.8. The maximum Gasteiger partial charge on any atom is 0.353 e. The minimum atomic E-state index is -1.04. The highest BCUT2D eigenvalue weighted by Crippen LogP contribution is 2.51. The smallest absolute Gasteiger partial charge is 0.353 e. The number of rotatable bonds is 4. The summed E-state index contributed by atoms with van der Waals surface area (Å²) in [6, 6.07) is -0.208.